The molecule has 0 fully saturated rings. The molecule has 0 spiro atoms. The molecule has 0 aliphatic carbocycles. The van der Waals surface area contributed by atoms with E-state index in [2.05, 4.69) is 5.32 Å². The lowest BCUT2D eigenvalue weighted by atomic mass is 10.2. The number of aromatic carboxylic acids is 1. The van der Waals surface area contributed by atoms with Crippen molar-refractivity contribution >= 4 is 40.7 Å². The van der Waals surface area contributed by atoms with Gasteiger partial charge in [0.15, 0.2) is 0 Å². The van der Waals surface area contributed by atoms with Gasteiger partial charge in [-0.3, -0.25) is 5.32 Å². The van der Waals surface area contributed by atoms with E-state index in [4.69, 9.17) is 16.3 Å². The summed E-state index contributed by atoms with van der Waals surface area (Å²) in [6.45, 7) is 5.16. The second kappa shape index (κ2) is 6.60. The molecule has 1 aromatic carbocycles. The van der Waals surface area contributed by atoms with Crippen molar-refractivity contribution in [3.05, 3.63) is 40.2 Å². The quantitative estimate of drug-likeness (QED) is 0.911. The summed E-state index contributed by atoms with van der Waals surface area (Å²) in [5.41, 5.74) is 0.258. The number of hydrogen-bond acceptors (Lipinski definition) is 5. The highest BCUT2D eigenvalue weighted by molar-refractivity contribution is 7.18. The molecule has 122 valence electrons. The monoisotopic (exact) mass is 352 g/mol. The van der Waals surface area contributed by atoms with Gasteiger partial charge in [0, 0.05) is 9.90 Å². The van der Waals surface area contributed by atoms with Crippen LogP contribution in [0.5, 0.6) is 0 Å². The Labute approximate surface area is 142 Å². The molecule has 0 saturated heterocycles. The summed E-state index contributed by atoms with van der Waals surface area (Å²) in [7, 11) is 0. The minimum atomic E-state index is -1.36. The lowest BCUT2D eigenvalue weighted by Crippen LogP contribution is -2.28. The van der Waals surface area contributed by atoms with Crippen molar-refractivity contribution in [3.63, 3.8) is 0 Å². The lowest BCUT2D eigenvalue weighted by molar-refractivity contribution is -0.254. The highest BCUT2D eigenvalue weighted by Crippen LogP contribution is 2.35. The van der Waals surface area contributed by atoms with Gasteiger partial charge in [0.05, 0.1) is 16.5 Å². The van der Waals surface area contributed by atoms with Gasteiger partial charge >= 0.3 is 6.09 Å². The fourth-order valence-electron chi connectivity index (χ4n) is 1.81. The van der Waals surface area contributed by atoms with Gasteiger partial charge in [0.1, 0.15) is 5.60 Å². The van der Waals surface area contributed by atoms with E-state index in [0.717, 1.165) is 16.9 Å². The van der Waals surface area contributed by atoms with Gasteiger partial charge in [-0.2, -0.15) is 0 Å². The summed E-state index contributed by atoms with van der Waals surface area (Å²) in [5, 5.41) is 14.3. The molecule has 2 aromatic rings. The normalized spacial score (nSPS) is 11.1. The largest absolute Gasteiger partial charge is 0.544 e. The van der Waals surface area contributed by atoms with Crippen molar-refractivity contribution in [2.24, 2.45) is 0 Å². The van der Waals surface area contributed by atoms with Crippen molar-refractivity contribution in [2.75, 3.05) is 5.32 Å². The van der Waals surface area contributed by atoms with Crippen molar-refractivity contribution in [3.8, 4) is 10.4 Å². The van der Waals surface area contributed by atoms with Gasteiger partial charge in [-0.05, 0) is 44.5 Å². The van der Waals surface area contributed by atoms with Gasteiger partial charge in [0.2, 0.25) is 0 Å². The van der Waals surface area contributed by atoms with Crippen LogP contribution < -0.4 is 10.4 Å². The molecule has 1 heterocycles. The molecule has 5 nitrogen and oxygen atoms in total. The second-order valence-electron chi connectivity index (χ2n) is 5.77. The number of nitrogens with one attached hydrogen (secondary N) is 1. The number of carbonyl (C=O) groups is 2. The maximum Gasteiger partial charge on any atom is 0.412 e. The zero-order valence-electron chi connectivity index (χ0n) is 12.8. The number of carboxylic acid groups (broad SMARTS) is 1. The first kappa shape index (κ1) is 17.3. The Morgan fingerprint density at radius 1 is 1.22 bits per heavy atom. The van der Waals surface area contributed by atoms with Crippen LogP contribution in [0.15, 0.2) is 30.3 Å². The number of benzene rings is 1. The minimum absolute atomic E-state index is 0.0687. The molecule has 1 amide bonds. The third-order valence-electron chi connectivity index (χ3n) is 2.68. The molecule has 2 rings (SSSR count). The van der Waals surface area contributed by atoms with E-state index >= 15 is 0 Å². The Morgan fingerprint density at radius 3 is 2.35 bits per heavy atom. The number of thiophene rings is 1. The van der Waals surface area contributed by atoms with E-state index in [0.29, 0.717) is 9.90 Å². The van der Waals surface area contributed by atoms with E-state index in [1.54, 1.807) is 51.1 Å². The maximum atomic E-state index is 11.8. The number of rotatable bonds is 3. The third-order valence-corrected chi connectivity index (χ3v) is 4.10. The molecule has 0 bridgehead atoms. The second-order valence-corrected chi connectivity index (χ2v) is 7.26. The number of hydrogen-bond donors (Lipinski definition) is 1. The lowest BCUT2D eigenvalue weighted by Gasteiger charge is -2.19. The van der Waals surface area contributed by atoms with Crippen LogP contribution in [-0.2, 0) is 4.74 Å². The van der Waals surface area contributed by atoms with Gasteiger partial charge in [0.25, 0.3) is 0 Å². The number of anilines is 1. The van der Waals surface area contributed by atoms with E-state index in [-0.39, 0.29) is 10.6 Å². The molecule has 23 heavy (non-hydrogen) atoms. The van der Waals surface area contributed by atoms with Crippen LogP contribution in [0.2, 0.25) is 5.02 Å². The molecule has 0 aliphatic rings. The topological polar surface area (TPSA) is 78.5 Å². The van der Waals surface area contributed by atoms with Crippen molar-refractivity contribution < 1.29 is 19.4 Å². The zero-order chi connectivity index (χ0) is 17.2. The van der Waals surface area contributed by atoms with Crippen LogP contribution in [0.4, 0.5) is 10.5 Å². The van der Waals surface area contributed by atoms with E-state index < -0.39 is 17.7 Å². The van der Waals surface area contributed by atoms with Crippen LogP contribution in [0.3, 0.4) is 0 Å². The molecular formula is C16H15ClNO4S-. The summed E-state index contributed by atoms with van der Waals surface area (Å²) in [4.78, 5) is 23.7. The van der Waals surface area contributed by atoms with Crippen LogP contribution >= 0.6 is 22.9 Å². The average Bonchev–Trinajstić information content (AvgIpc) is 2.81. The predicted octanol–water partition coefficient (Wildman–Crippen LogP) is 3.78. The van der Waals surface area contributed by atoms with E-state index in [1.165, 1.54) is 0 Å². The standard InChI is InChI=1S/C16H16ClNO4S/c1-16(2,3)22-15(21)18-11-8-12(23-13(11)14(19)20)9-4-6-10(17)7-5-9/h4-8H,1-3H3,(H,18,21)(H,19,20)/p-1. The van der Waals surface area contributed by atoms with Gasteiger partial charge in [-0.15, -0.1) is 11.3 Å². The Kier molecular flexibility index (Phi) is 4.97. The molecule has 1 N–H and O–H groups in total. The maximum absolute atomic E-state index is 11.8. The van der Waals surface area contributed by atoms with Gasteiger partial charge in [-0.25, -0.2) is 4.79 Å². The van der Waals surface area contributed by atoms with Gasteiger partial charge in [-0.1, -0.05) is 23.7 Å². The number of ether oxygens (including phenoxy) is 1. The van der Waals surface area contributed by atoms with Crippen LogP contribution in [0, 0.1) is 0 Å². The molecule has 1 aromatic heterocycles. The predicted molar refractivity (Wildman–Crippen MR) is 89.0 cm³/mol. The van der Waals surface area contributed by atoms with Crippen LogP contribution in [0.1, 0.15) is 30.4 Å². The summed E-state index contributed by atoms with van der Waals surface area (Å²) in [6, 6.07) is 8.52. The zero-order valence-corrected chi connectivity index (χ0v) is 14.4. The third kappa shape index (κ3) is 4.71. The molecule has 7 heteroatoms. The SMILES string of the molecule is CC(C)(C)OC(=O)Nc1cc(-c2ccc(Cl)cc2)sc1C(=O)[O-]. The first-order valence-electron chi connectivity index (χ1n) is 6.77. The van der Waals surface area contributed by atoms with E-state index in [9.17, 15) is 14.7 Å². The Balaban J connectivity index is 2.30. The molecule has 0 saturated carbocycles. The first-order chi connectivity index (χ1) is 10.7. The summed E-state index contributed by atoms with van der Waals surface area (Å²) < 4.78 is 5.13. The number of amides is 1. The van der Waals surface area contributed by atoms with Crippen molar-refractivity contribution in [1.82, 2.24) is 0 Å². The molecule has 0 unspecified atom stereocenters. The summed E-state index contributed by atoms with van der Waals surface area (Å²) >= 11 is 6.85. The first-order valence-corrected chi connectivity index (χ1v) is 7.96. The Morgan fingerprint density at radius 2 is 1.83 bits per heavy atom. The van der Waals surface area contributed by atoms with Crippen LogP contribution in [-0.4, -0.2) is 17.7 Å². The Bertz CT molecular complexity index is 732. The van der Waals surface area contributed by atoms with Crippen molar-refractivity contribution in [1.29, 1.82) is 0 Å². The van der Waals surface area contributed by atoms with Crippen LogP contribution in [0.25, 0.3) is 10.4 Å². The molecule has 0 aliphatic heterocycles. The summed E-state index contributed by atoms with van der Waals surface area (Å²) in [6.07, 6.45) is -0.722. The van der Waals surface area contributed by atoms with Gasteiger partial charge < -0.3 is 14.6 Å². The average molecular weight is 353 g/mol. The fourth-order valence-corrected chi connectivity index (χ4v) is 2.89. The Hall–Kier alpha value is -2.05. The van der Waals surface area contributed by atoms with Crippen molar-refractivity contribution in [2.45, 2.75) is 26.4 Å². The smallest absolute Gasteiger partial charge is 0.412 e. The molecule has 0 radical (unpaired) electrons. The molecular weight excluding hydrogens is 338 g/mol. The summed E-state index contributed by atoms with van der Waals surface area (Å²) in [5.74, 6) is -1.36. The minimum Gasteiger partial charge on any atom is -0.544 e. The highest BCUT2D eigenvalue weighted by atomic mass is 35.5. The number of carbonyl (C=O) groups excluding carboxylic acids is 2. The van der Waals surface area contributed by atoms with E-state index in [1.807, 2.05) is 0 Å². The fraction of sp³-hybridized carbons (Fsp3) is 0.250. The highest BCUT2D eigenvalue weighted by Gasteiger charge is 2.19. The molecule has 0 atom stereocenters. The number of halogens is 1. The number of carboxylic acids is 1.